The highest BCUT2D eigenvalue weighted by molar-refractivity contribution is 5.82. The molecule has 0 fully saturated rings. The Balaban J connectivity index is 2.32. The lowest BCUT2D eigenvalue weighted by atomic mass is 10.0. The molecule has 0 amide bonds. The third-order valence-corrected chi connectivity index (χ3v) is 2.37. The van der Waals surface area contributed by atoms with Crippen molar-refractivity contribution < 1.29 is 4.74 Å². The molecule has 0 spiro atoms. The number of fused-ring (bicyclic) bond motifs is 1. The Morgan fingerprint density at radius 1 is 1.47 bits per heavy atom. The topological polar surface area (TPSA) is 45.4 Å². The number of ether oxygens (including phenoxy) is 1. The SMILES string of the molecule is CCOC1=Nc2ccc(C#N)cc2CC1. The zero-order chi connectivity index (χ0) is 10.7. The van der Waals surface area contributed by atoms with E-state index in [1.807, 2.05) is 19.1 Å². The maximum Gasteiger partial charge on any atom is 0.188 e. The van der Waals surface area contributed by atoms with Crippen LogP contribution in [0, 0.1) is 11.3 Å². The minimum absolute atomic E-state index is 0.657. The summed E-state index contributed by atoms with van der Waals surface area (Å²) >= 11 is 0. The Bertz CT molecular complexity index is 443. The number of aliphatic imine (C=N–C) groups is 1. The van der Waals surface area contributed by atoms with E-state index in [1.54, 1.807) is 6.07 Å². The first-order chi connectivity index (χ1) is 7.33. The summed E-state index contributed by atoms with van der Waals surface area (Å²) in [6.45, 7) is 2.61. The molecule has 15 heavy (non-hydrogen) atoms. The summed E-state index contributed by atoms with van der Waals surface area (Å²) in [6, 6.07) is 7.71. The molecule has 0 unspecified atom stereocenters. The molecule has 0 saturated carbocycles. The molecule has 76 valence electrons. The first kappa shape index (κ1) is 9.72. The van der Waals surface area contributed by atoms with E-state index in [4.69, 9.17) is 10.00 Å². The summed E-state index contributed by atoms with van der Waals surface area (Å²) in [4.78, 5) is 4.40. The fourth-order valence-corrected chi connectivity index (χ4v) is 1.67. The molecule has 1 aliphatic heterocycles. The largest absolute Gasteiger partial charge is 0.481 e. The maximum atomic E-state index is 8.76. The normalized spacial score (nSPS) is 13.7. The highest BCUT2D eigenvalue weighted by atomic mass is 16.5. The van der Waals surface area contributed by atoms with Crippen LogP contribution in [-0.2, 0) is 11.2 Å². The standard InChI is InChI=1S/C12H12N2O/c1-2-15-12-6-4-10-7-9(8-13)3-5-11(10)14-12/h3,5,7H,2,4,6H2,1H3. The van der Waals surface area contributed by atoms with Crippen LogP contribution in [0.3, 0.4) is 0 Å². The summed E-state index contributed by atoms with van der Waals surface area (Å²) in [7, 11) is 0. The monoisotopic (exact) mass is 200 g/mol. The van der Waals surface area contributed by atoms with Crippen molar-refractivity contribution >= 4 is 11.6 Å². The van der Waals surface area contributed by atoms with Gasteiger partial charge in [-0.3, -0.25) is 0 Å². The molecule has 2 rings (SSSR count). The van der Waals surface area contributed by atoms with Crippen LogP contribution in [0.5, 0.6) is 0 Å². The van der Waals surface area contributed by atoms with Crippen LogP contribution in [0.2, 0.25) is 0 Å². The third-order valence-electron chi connectivity index (χ3n) is 2.37. The van der Waals surface area contributed by atoms with Crippen molar-refractivity contribution in [3.8, 4) is 6.07 Å². The van der Waals surface area contributed by atoms with E-state index < -0.39 is 0 Å². The second-order valence-corrected chi connectivity index (χ2v) is 3.39. The van der Waals surface area contributed by atoms with Crippen LogP contribution >= 0.6 is 0 Å². The molecule has 0 N–H and O–H groups in total. The molecule has 3 heteroatoms. The average Bonchev–Trinajstić information content (AvgIpc) is 2.29. The number of hydrogen-bond acceptors (Lipinski definition) is 3. The predicted molar refractivity (Wildman–Crippen MR) is 58.2 cm³/mol. The van der Waals surface area contributed by atoms with Crippen LogP contribution in [0.1, 0.15) is 24.5 Å². The van der Waals surface area contributed by atoms with Crippen LogP contribution < -0.4 is 0 Å². The van der Waals surface area contributed by atoms with E-state index in [1.165, 1.54) is 0 Å². The summed E-state index contributed by atoms with van der Waals surface area (Å²) in [5, 5.41) is 8.76. The van der Waals surface area contributed by atoms with E-state index in [2.05, 4.69) is 11.1 Å². The fraction of sp³-hybridized carbons (Fsp3) is 0.333. The molecular formula is C12H12N2O. The molecule has 0 aromatic heterocycles. The number of benzene rings is 1. The lowest BCUT2D eigenvalue weighted by Gasteiger charge is -2.15. The van der Waals surface area contributed by atoms with Gasteiger partial charge in [0.15, 0.2) is 5.90 Å². The van der Waals surface area contributed by atoms with Crippen molar-refractivity contribution in [1.29, 1.82) is 5.26 Å². The Labute approximate surface area is 89.0 Å². The lowest BCUT2D eigenvalue weighted by Crippen LogP contribution is -2.09. The van der Waals surface area contributed by atoms with Gasteiger partial charge in [-0.15, -0.1) is 0 Å². The molecule has 1 heterocycles. The molecule has 1 aromatic rings. The number of nitrogens with zero attached hydrogens (tertiary/aromatic N) is 2. The second-order valence-electron chi connectivity index (χ2n) is 3.39. The Morgan fingerprint density at radius 3 is 3.07 bits per heavy atom. The van der Waals surface area contributed by atoms with E-state index in [9.17, 15) is 0 Å². The van der Waals surface area contributed by atoms with Gasteiger partial charge in [-0.05, 0) is 37.1 Å². The first-order valence-corrected chi connectivity index (χ1v) is 5.07. The van der Waals surface area contributed by atoms with E-state index in [-0.39, 0.29) is 0 Å². The fourth-order valence-electron chi connectivity index (χ4n) is 1.67. The third kappa shape index (κ3) is 1.99. The molecular weight excluding hydrogens is 188 g/mol. The average molecular weight is 200 g/mol. The summed E-state index contributed by atoms with van der Waals surface area (Å²) < 4.78 is 5.38. The van der Waals surface area contributed by atoms with Gasteiger partial charge in [0.2, 0.25) is 0 Å². The van der Waals surface area contributed by atoms with Gasteiger partial charge in [-0.1, -0.05) is 0 Å². The van der Waals surface area contributed by atoms with Gasteiger partial charge in [0.25, 0.3) is 0 Å². The number of rotatable bonds is 1. The highest BCUT2D eigenvalue weighted by Crippen LogP contribution is 2.26. The quantitative estimate of drug-likeness (QED) is 0.699. The maximum absolute atomic E-state index is 8.76. The lowest BCUT2D eigenvalue weighted by molar-refractivity contribution is 0.316. The minimum atomic E-state index is 0.657. The second kappa shape index (κ2) is 4.14. The zero-order valence-electron chi connectivity index (χ0n) is 8.66. The molecule has 0 atom stereocenters. The summed E-state index contributed by atoms with van der Waals surface area (Å²) in [5.74, 6) is 0.801. The van der Waals surface area contributed by atoms with Crippen LogP contribution in [0.25, 0.3) is 0 Å². The minimum Gasteiger partial charge on any atom is -0.481 e. The van der Waals surface area contributed by atoms with Crippen molar-refractivity contribution in [3.63, 3.8) is 0 Å². The predicted octanol–water partition coefficient (Wildman–Crippen LogP) is 2.57. The summed E-state index contributed by atoms with van der Waals surface area (Å²) in [5.41, 5.74) is 2.77. The van der Waals surface area contributed by atoms with Crippen LogP contribution in [-0.4, -0.2) is 12.5 Å². The first-order valence-electron chi connectivity index (χ1n) is 5.07. The van der Waals surface area contributed by atoms with Crippen molar-refractivity contribution in [2.45, 2.75) is 19.8 Å². The van der Waals surface area contributed by atoms with Crippen molar-refractivity contribution in [3.05, 3.63) is 29.3 Å². The number of aryl methyl sites for hydroxylation is 1. The van der Waals surface area contributed by atoms with E-state index >= 15 is 0 Å². The molecule has 0 radical (unpaired) electrons. The van der Waals surface area contributed by atoms with E-state index in [0.29, 0.717) is 12.2 Å². The molecule has 1 aliphatic rings. The van der Waals surface area contributed by atoms with Gasteiger partial charge in [0.05, 0.1) is 23.9 Å². The van der Waals surface area contributed by atoms with Gasteiger partial charge in [0.1, 0.15) is 0 Å². The van der Waals surface area contributed by atoms with Crippen molar-refractivity contribution in [1.82, 2.24) is 0 Å². The van der Waals surface area contributed by atoms with Crippen molar-refractivity contribution in [2.24, 2.45) is 4.99 Å². The van der Waals surface area contributed by atoms with E-state index in [0.717, 1.165) is 30.0 Å². The molecule has 1 aromatic carbocycles. The van der Waals surface area contributed by atoms with Gasteiger partial charge in [-0.25, -0.2) is 4.99 Å². The van der Waals surface area contributed by atoms with Crippen LogP contribution in [0.4, 0.5) is 5.69 Å². The van der Waals surface area contributed by atoms with Gasteiger partial charge < -0.3 is 4.74 Å². The summed E-state index contributed by atoms with van der Waals surface area (Å²) in [6.07, 6.45) is 1.74. The number of hydrogen-bond donors (Lipinski definition) is 0. The zero-order valence-corrected chi connectivity index (χ0v) is 8.66. The van der Waals surface area contributed by atoms with Crippen molar-refractivity contribution in [2.75, 3.05) is 6.61 Å². The molecule has 0 saturated heterocycles. The van der Waals surface area contributed by atoms with Gasteiger partial charge in [-0.2, -0.15) is 5.26 Å². The molecule has 3 nitrogen and oxygen atoms in total. The highest BCUT2D eigenvalue weighted by Gasteiger charge is 2.12. The van der Waals surface area contributed by atoms with Gasteiger partial charge >= 0.3 is 0 Å². The Hall–Kier alpha value is -1.82. The van der Waals surface area contributed by atoms with Gasteiger partial charge in [0, 0.05) is 6.42 Å². The molecule has 0 aliphatic carbocycles. The molecule has 0 bridgehead atoms. The Morgan fingerprint density at radius 2 is 2.33 bits per heavy atom. The number of nitriles is 1. The Kier molecular flexibility index (Phi) is 2.68. The smallest absolute Gasteiger partial charge is 0.188 e. The van der Waals surface area contributed by atoms with Crippen LogP contribution in [0.15, 0.2) is 23.2 Å².